The number of aromatic nitrogens is 1. The Balaban J connectivity index is 1.81. The summed E-state index contributed by atoms with van der Waals surface area (Å²) in [5, 5.41) is 4.43. The third kappa shape index (κ3) is 3.23. The number of nitrogens with one attached hydrogen (secondary N) is 1. The van der Waals surface area contributed by atoms with Crippen LogP contribution in [-0.4, -0.2) is 18.1 Å². The van der Waals surface area contributed by atoms with Crippen molar-refractivity contribution in [2.24, 2.45) is 5.73 Å². The van der Waals surface area contributed by atoms with Crippen molar-refractivity contribution in [1.82, 2.24) is 4.98 Å². The van der Waals surface area contributed by atoms with Gasteiger partial charge in [0.15, 0.2) is 0 Å². The minimum absolute atomic E-state index is 0.718. The summed E-state index contributed by atoms with van der Waals surface area (Å²) in [5.74, 6) is 0. The smallest absolute Gasteiger partial charge is 0.124 e. The molecule has 0 atom stereocenters. The number of hydrogen-bond acceptors (Lipinski definition) is 4. The Bertz CT molecular complexity index is 731. The van der Waals surface area contributed by atoms with Crippen molar-refractivity contribution in [3.8, 4) is 10.6 Å². The minimum Gasteiger partial charge on any atom is -0.385 e. The molecule has 108 valence electrons. The number of rotatable bonds is 5. The average Bonchev–Trinajstić information content (AvgIpc) is 2.91. The van der Waals surface area contributed by atoms with Gasteiger partial charge in [-0.25, -0.2) is 4.98 Å². The molecule has 0 aliphatic carbocycles. The van der Waals surface area contributed by atoms with Crippen LogP contribution in [0.5, 0.6) is 0 Å². The van der Waals surface area contributed by atoms with Gasteiger partial charge in [-0.1, -0.05) is 6.07 Å². The zero-order chi connectivity index (χ0) is 14.7. The molecule has 1 heterocycles. The molecule has 0 bridgehead atoms. The lowest BCUT2D eigenvalue weighted by atomic mass is 10.2. The highest BCUT2D eigenvalue weighted by molar-refractivity contribution is 7.21. The van der Waals surface area contributed by atoms with Crippen LogP contribution in [-0.2, 0) is 0 Å². The summed E-state index contributed by atoms with van der Waals surface area (Å²) in [7, 11) is 0. The molecular weight excluding hydrogens is 278 g/mol. The second-order valence-corrected chi connectivity index (χ2v) is 6.17. The van der Waals surface area contributed by atoms with Crippen LogP contribution in [0, 0.1) is 6.92 Å². The highest BCUT2D eigenvalue weighted by atomic mass is 32.1. The standard InChI is InChI=1S/C17H19N3S/c1-12-3-8-15-16(11-12)21-17(20-15)13-4-6-14(7-5-13)19-10-2-9-18/h3-8,11,19H,2,9-10,18H2,1H3. The number of hydrogen-bond donors (Lipinski definition) is 2. The molecule has 0 radical (unpaired) electrons. The number of benzene rings is 2. The van der Waals surface area contributed by atoms with E-state index in [-0.39, 0.29) is 0 Å². The van der Waals surface area contributed by atoms with Crippen LogP contribution in [0.4, 0.5) is 5.69 Å². The maximum Gasteiger partial charge on any atom is 0.124 e. The highest BCUT2D eigenvalue weighted by Crippen LogP contribution is 2.31. The summed E-state index contributed by atoms with van der Waals surface area (Å²) in [4.78, 5) is 4.71. The first kappa shape index (κ1) is 14.0. The van der Waals surface area contributed by atoms with E-state index in [1.807, 2.05) is 0 Å². The molecule has 0 unspecified atom stereocenters. The van der Waals surface area contributed by atoms with Crippen molar-refractivity contribution in [3.05, 3.63) is 48.0 Å². The Morgan fingerprint density at radius 2 is 1.95 bits per heavy atom. The van der Waals surface area contributed by atoms with Crippen molar-refractivity contribution < 1.29 is 0 Å². The fraction of sp³-hybridized carbons (Fsp3) is 0.235. The summed E-state index contributed by atoms with van der Waals surface area (Å²) in [6, 6.07) is 14.8. The van der Waals surface area contributed by atoms with E-state index in [2.05, 4.69) is 54.7 Å². The van der Waals surface area contributed by atoms with E-state index in [4.69, 9.17) is 10.7 Å². The molecule has 0 spiro atoms. The van der Waals surface area contributed by atoms with Crippen LogP contribution in [0.1, 0.15) is 12.0 Å². The zero-order valence-corrected chi connectivity index (χ0v) is 12.9. The fourth-order valence-corrected chi connectivity index (χ4v) is 3.29. The molecule has 21 heavy (non-hydrogen) atoms. The van der Waals surface area contributed by atoms with Gasteiger partial charge in [0, 0.05) is 17.8 Å². The Labute approximate surface area is 128 Å². The molecule has 0 aliphatic heterocycles. The van der Waals surface area contributed by atoms with Gasteiger partial charge < -0.3 is 11.1 Å². The van der Waals surface area contributed by atoms with Crippen molar-refractivity contribution in [1.29, 1.82) is 0 Å². The number of nitrogens with two attached hydrogens (primary N) is 1. The molecule has 3 nitrogen and oxygen atoms in total. The Hall–Kier alpha value is -1.91. The molecule has 3 aromatic rings. The second kappa shape index (κ2) is 6.24. The van der Waals surface area contributed by atoms with E-state index in [1.54, 1.807) is 11.3 Å². The van der Waals surface area contributed by atoms with Gasteiger partial charge in [0.25, 0.3) is 0 Å². The summed E-state index contributed by atoms with van der Waals surface area (Å²) in [6.45, 7) is 3.74. The Morgan fingerprint density at radius 1 is 1.14 bits per heavy atom. The van der Waals surface area contributed by atoms with Crippen LogP contribution < -0.4 is 11.1 Å². The van der Waals surface area contributed by atoms with E-state index >= 15 is 0 Å². The molecule has 0 fully saturated rings. The normalized spacial score (nSPS) is 11.0. The van der Waals surface area contributed by atoms with E-state index in [1.165, 1.54) is 15.8 Å². The summed E-state index contributed by atoms with van der Waals surface area (Å²) in [6.07, 6.45) is 0.985. The van der Waals surface area contributed by atoms with Gasteiger partial charge >= 0.3 is 0 Å². The lowest BCUT2D eigenvalue weighted by Gasteiger charge is -2.05. The van der Waals surface area contributed by atoms with Gasteiger partial charge in [0.05, 0.1) is 10.2 Å². The number of aryl methyl sites for hydroxylation is 1. The van der Waals surface area contributed by atoms with E-state index in [0.717, 1.165) is 35.7 Å². The van der Waals surface area contributed by atoms with E-state index in [9.17, 15) is 0 Å². The fourth-order valence-electron chi connectivity index (χ4n) is 2.22. The van der Waals surface area contributed by atoms with Gasteiger partial charge in [-0.05, 0) is 61.9 Å². The van der Waals surface area contributed by atoms with Gasteiger partial charge in [-0.3, -0.25) is 0 Å². The van der Waals surface area contributed by atoms with Crippen LogP contribution in [0.2, 0.25) is 0 Å². The molecule has 1 aromatic heterocycles. The highest BCUT2D eigenvalue weighted by Gasteiger charge is 2.06. The largest absolute Gasteiger partial charge is 0.385 e. The molecule has 2 aromatic carbocycles. The lowest BCUT2D eigenvalue weighted by molar-refractivity contribution is 0.874. The van der Waals surface area contributed by atoms with E-state index < -0.39 is 0 Å². The SMILES string of the molecule is Cc1ccc2nc(-c3ccc(NCCCN)cc3)sc2c1. The third-order valence-corrected chi connectivity index (χ3v) is 4.45. The van der Waals surface area contributed by atoms with Crippen LogP contribution in [0.3, 0.4) is 0 Å². The second-order valence-electron chi connectivity index (χ2n) is 5.14. The van der Waals surface area contributed by atoms with Crippen LogP contribution in [0.25, 0.3) is 20.8 Å². The van der Waals surface area contributed by atoms with Crippen molar-refractivity contribution in [3.63, 3.8) is 0 Å². The van der Waals surface area contributed by atoms with Crippen LogP contribution >= 0.6 is 11.3 Å². The first-order valence-corrected chi connectivity index (χ1v) is 7.99. The Morgan fingerprint density at radius 3 is 2.71 bits per heavy atom. The van der Waals surface area contributed by atoms with E-state index in [0.29, 0.717) is 0 Å². The van der Waals surface area contributed by atoms with Gasteiger partial charge in [-0.2, -0.15) is 0 Å². The first-order valence-electron chi connectivity index (χ1n) is 7.18. The molecule has 4 heteroatoms. The average molecular weight is 297 g/mol. The summed E-state index contributed by atoms with van der Waals surface area (Å²) < 4.78 is 1.25. The monoisotopic (exact) mass is 297 g/mol. The van der Waals surface area contributed by atoms with Crippen molar-refractivity contribution >= 4 is 27.2 Å². The van der Waals surface area contributed by atoms with Crippen LogP contribution in [0.15, 0.2) is 42.5 Å². The molecule has 3 rings (SSSR count). The minimum atomic E-state index is 0.718. The number of anilines is 1. The van der Waals surface area contributed by atoms with Crippen molar-refractivity contribution in [2.45, 2.75) is 13.3 Å². The lowest BCUT2D eigenvalue weighted by Crippen LogP contribution is -2.08. The Kier molecular flexibility index (Phi) is 4.18. The molecular formula is C17H19N3S. The summed E-state index contributed by atoms with van der Waals surface area (Å²) >= 11 is 1.74. The molecule has 0 amide bonds. The topological polar surface area (TPSA) is 50.9 Å². The molecule has 3 N–H and O–H groups in total. The van der Waals surface area contributed by atoms with Gasteiger partial charge in [0.1, 0.15) is 5.01 Å². The maximum atomic E-state index is 5.49. The third-order valence-electron chi connectivity index (χ3n) is 3.39. The predicted octanol–water partition coefficient (Wildman–Crippen LogP) is 4.03. The summed E-state index contributed by atoms with van der Waals surface area (Å²) in [5.41, 5.74) is 10.1. The zero-order valence-electron chi connectivity index (χ0n) is 12.1. The number of thiazole rings is 1. The predicted molar refractivity (Wildman–Crippen MR) is 92.0 cm³/mol. The molecule has 0 saturated heterocycles. The molecule has 0 saturated carbocycles. The first-order chi connectivity index (χ1) is 10.3. The maximum absolute atomic E-state index is 5.49. The van der Waals surface area contributed by atoms with Gasteiger partial charge in [-0.15, -0.1) is 11.3 Å². The number of fused-ring (bicyclic) bond motifs is 1. The number of nitrogens with zero attached hydrogens (tertiary/aromatic N) is 1. The quantitative estimate of drug-likeness (QED) is 0.699. The van der Waals surface area contributed by atoms with Crippen molar-refractivity contribution in [2.75, 3.05) is 18.4 Å². The molecule has 0 aliphatic rings. The van der Waals surface area contributed by atoms with Gasteiger partial charge in [0.2, 0.25) is 0 Å².